The molecule has 0 aliphatic carbocycles. The van der Waals surface area contributed by atoms with Crippen molar-refractivity contribution in [2.75, 3.05) is 33.3 Å². The number of likely N-dealkylation sites (N-methyl/N-ethyl adjacent to an activating group) is 1. The van der Waals surface area contributed by atoms with Gasteiger partial charge >= 0.3 is 0 Å². The Morgan fingerprint density at radius 1 is 1.30 bits per heavy atom. The quantitative estimate of drug-likeness (QED) is 0.870. The fourth-order valence-electron chi connectivity index (χ4n) is 2.47. The Morgan fingerprint density at radius 3 is 2.70 bits per heavy atom. The van der Waals surface area contributed by atoms with Crippen LogP contribution in [0.2, 0.25) is 10.0 Å². The lowest BCUT2D eigenvalue weighted by Crippen LogP contribution is -2.43. The second-order valence-electron chi connectivity index (χ2n) is 5.31. The maximum atomic E-state index is 6.07. The van der Waals surface area contributed by atoms with E-state index in [4.69, 9.17) is 27.9 Å². The molecule has 1 aromatic carbocycles. The number of nitrogens with one attached hydrogen (secondary N) is 1. The predicted molar refractivity (Wildman–Crippen MR) is 85.1 cm³/mol. The third kappa shape index (κ3) is 4.81. The van der Waals surface area contributed by atoms with E-state index in [1.54, 1.807) is 12.1 Å². The first kappa shape index (κ1) is 15.9. The summed E-state index contributed by atoms with van der Waals surface area (Å²) in [4.78, 5) is 2.29. The molecule has 1 fully saturated rings. The van der Waals surface area contributed by atoms with E-state index in [9.17, 15) is 0 Å². The van der Waals surface area contributed by atoms with Crippen LogP contribution in [0.15, 0.2) is 18.2 Å². The molecule has 112 valence electrons. The summed E-state index contributed by atoms with van der Waals surface area (Å²) in [7, 11) is 2.12. The molecule has 2 rings (SSSR count). The minimum atomic E-state index is 0.564. The van der Waals surface area contributed by atoms with Crippen molar-refractivity contribution in [3.05, 3.63) is 28.2 Å². The fraction of sp³-hybridized carbons (Fsp3) is 0.600. The molecule has 1 atom stereocenters. The van der Waals surface area contributed by atoms with Gasteiger partial charge in [-0.1, -0.05) is 35.7 Å². The highest BCUT2D eigenvalue weighted by Gasteiger charge is 2.14. The molecule has 1 aromatic rings. The van der Waals surface area contributed by atoms with Gasteiger partial charge in [0.05, 0.1) is 10.0 Å². The van der Waals surface area contributed by atoms with Crippen molar-refractivity contribution >= 4 is 23.2 Å². The monoisotopic (exact) mass is 316 g/mol. The van der Waals surface area contributed by atoms with E-state index in [1.807, 2.05) is 6.07 Å². The van der Waals surface area contributed by atoms with Crippen LogP contribution in [0.3, 0.4) is 0 Å². The highest BCUT2D eigenvalue weighted by atomic mass is 35.5. The molecule has 1 unspecified atom stereocenters. The van der Waals surface area contributed by atoms with E-state index in [0.717, 1.165) is 19.6 Å². The van der Waals surface area contributed by atoms with Gasteiger partial charge in [0.2, 0.25) is 0 Å². The second kappa shape index (κ2) is 8.08. The first-order valence-corrected chi connectivity index (χ1v) is 7.91. The van der Waals surface area contributed by atoms with Gasteiger partial charge in [-0.2, -0.15) is 0 Å². The van der Waals surface area contributed by atoms with E-state index >= 15 is 0 Å². The third-order valence-electron chi connectivity index (χ3n) is 3.58. The summed E-state index contributed by atoms with van der Waals surface area (Å²) < 4.78 is 5.70. The van der Waals surface area contributed by atoms with Crippen LogP contribution in [0.1, 0.15) is 19.3 Å². The van der Waals surface area contributed by atoms with Crippen molar-refractivity contribution in [1.29, 1.82) is 0 Å². The van der Waals surface area contributed by atoms with Crippen LogP contribution in [-0.4, -0.2) is 44.2 Å². The van der Waals surface area contributed by atoms with Gasteiger partial charge < -0.3 is 15.0 Å². The van der Waals surface area contributed by atoms with Gasteiger partial charge in [-0.05, 0) is 38.6 Å². The fourth-order valence-corrected chi connectivity index (χ4v) is 2.98. The smallest absolute Gasteiger partial charge is 0.156 e. The number of ether oxygens (including phenoxy) is 1. The molecule has 20 heavy (non-hydrogen) atoms. The van der Waals surface area contributed by atoms with Gasteiger partial charge in [-0.25, -0.2) is 0 Å². The van der Waals surface area contributed by atoms with Crippen molar-refractivity contribution in [1.82, 2.24) is 10.2 Å². The number of hydrogen-bond acceptors (Lipinski definition) is 3. The first-order valence-electron chi connectivity index (χ1n) is 7.15. The standard InChI is InChI=1S/C15H22Cl2N2O/c1-19(11-12-5-2-3-8-18-12)9-10-20-15-13(16)6-4-7-14(15)17/h4,6-7,12,18H,2-3,5,8-11H2,1H3. The van der Waals surface area contributed by atoms with Gasteiger partial charge in [-0.3, -0.25) is 0 Å². The topological polar surface area (TPSA) is 24.5 Å². The molecule has 1 N–H and O–H groups in total. The minimum absolute atomic E-state index is 0.564. The number of hydrogen-bond donors (Lipinski definition) is 1. The second-order valence-corrected chi connectivity index (χ2v) is 6.12. The highest BCUT2D eigenvalue weighted by Crippen LogP contribution is 2.32. The van der Waals surface area contributed by atoms with Crippen LogP contribution in [0, 0.1) is 0 Å². The number of rotatable bonds is 6. The first-order chi connectivity index (χ1) is 9.66. The lowest BCUT2D eigenvalue weighted by molar-refractivity contribution is 0.212. The van der Waals surface area contributed by atoms with Gasteiger partial charge in [0.1, 0.15) is 6.61 Å². The number of halogens is 2. The average molecular weight is 317 g/mol. The summed E-state index contributed by atoms with van der Waals surface area (Å²) in [6.07, 6.45) is 3.90. The molecule has 1 aliphatic rings. The molecule has 5 heteroatoms. The number of para-hydroxylation sites is 1. The van der Waals surface area contributed by atoms with Crippen LogP contribution < -0.4 is 10.1 Å². The summed E-state index contributed by atoms with van der Waals surface area (Å²) in [5.74, 6) is 0.583. The molecule has 1 aliphatic heterocycles. The van der Waals surface area contributed by atoms with E-state index in [-0.39, 0.29) is 0 Å². The van der Waals surface area contributed by atoms with Crippen molar-refractivity contribution in [2.45, 2.75) is 25.3 Å². The van der Waals surface area contributed by atoms with Gasteiger partial charge in [0.15, 0.2) is 5.75 Å². The van der Waals surface area contributed by atoms with Crippen molar-refractivity contribution in [3.63, 3.8) is 0 Å². The summed E-state index contributed by atoms with van der Waals surface area (Å²) in [6, 6.07) is 6.01. The zero-order valence-corrected chi connectivity index (χ0v) is 13.4. The maximum Gasteiger partial charge on any atom is 0.156 e. The lowest BCUT2D eigenvalue weighted by Gasteiger charge is -2.28. The molecule has 1 saturated heterocycles. The van der Waals surface area contributed by atoms with Crippen molar-refractivity contribution < 1.29 is 4.74 Å². The summed E-state index contributed by atoms with van der Waals surface area (Å²) in [5, 5.41) is 4.68. The molecule has 1 heterocycles. The minimum Gasteiger partial charge on any atom is -0.489 e. The third-order valence-corrected chi connectivity index (χ3v) is 4.18. The molecule has 0 saturated carbocycles. The Balaban J connectivity index is 1.72. The number of piperidine rings is 1. The Bertz CT molecular complexity index is 402. The zero-order chi connectivity index (χ0) is 14.4. The van der Waals surface area contributed by atoms with Crippen molar-refractivity contribution in [3.8, 4) is 5.75 Å². The van der Waals surface area contributed by atoms with Crippen LogP contribution in [0.4, 0.5) is 0 Å². The summed E-state index contributed by atoms with van der Waals surface area (Å²) in [6.45, 7) is 3.65. The van der Waals surface area contributed by atoms with Gasteiger partial charge in [-0.15, -0.1) is 0 Å². The van der Waals surface area contributed by atoms with E-state index in [2.05, 4.69) is 17.3 Å². The Kier molecular flexibility index (Phi) is 6.43. The molecule has 3 nitrogen and oxygen atoms in total. The maximum absolute atomic E-state index is 6.07. The summed E-state index contributed by atoms with van der Waals surface area (Å²) >= 11 is 12.1. The lowest BCUT2D eigenvalue weighted by atomic mass is 10.0. The van der Waals surface area contributed by atoms with Gasteiger partial charge in [0, 0.05) is 19.1 Å². The Morgan fingerprint density at radius 2 is 2.05 bits per heavy atom. The Hall–Kier alpha value is -0.480. The molecular formula is C15H22Cl2N2O. The Labute approximate surface area is 131 Å². The van der Waals surface area contributed by atoms with Gasteiger partial charge in [0.25, 0.3) is 0 Å². The van der Waals surface area contributed by atoms with Crippen molar-refractivity contribution in [2.24, 2.45) is 0 Å². The van der Waals surface area contributed by atoms with Crippen LogP contribution in [-0.2, 0) is 0 Å². The normalized spacial score (nSPS) is 19.3. The van der Waals surface area contributed by atoms with Crippen LogP contribution in [0.25, 0.3) is 0 Å². The highest BCUT2D eigenvalue weighted by molar-refractivity contribution is 6.37. The van der Waals surface area contributed by atoms with E-state index in [1.165, 1.54) is 19.3 Å². The molecule has 0 spiro atoms. The molecule has 0 amide bonds. The zero-order valence-electron chi connectivity index (χ0n) is 11.9. The predicted octanol–water partition coefficient (Wildman–Crippen LogP) is 3.45. The van der Waals surface area contributed by atoms with E-state index in [0.29, 0.717) is 28.4 Å². The molecular weight excluding hydrogens is 295 g/mol. The molecule has 0 aromatic heterocycles. The van der Waals surface area contributed by atoms with E-state index < -0.39 is 0 Å². The number of benzene rings is 1. The summed E-state index contributed by atoms with van der Waals surface area (Å²) in [5.41, 5.74) is 0. The average Bonchev–Trinajstić information content (AvgIpc) is 2.43. The number of nitrogens with zero attached hydrogens (tertiary/aromatic N) is 1. The molecule has 0 radical (unpaired) electrons. The van der Waals surface area contributed by atoms with Crippen LogP contribution >= 0.6 is 23.2 Å². The largest absolute Gasteiger partial charge is 0.489 e. The molecule has 0 bridgehead atoms. The van der Waals surface area contributed by atoms with Crippen LogP contribution in [0.5, 0.6) is 5.75 Å². The SMILES string of the molecule is CN(CCOc1c(Cl)cccc1Cl)CC1CCCCN1.